The van der Waals surface area contributed by atoms with Crippen molar-refractivity contribution >= 4 is 34.9 Å². The number of carbonyl (C=O) groups is 2. The third kappa shape index (κ3) is 3.01. The van der Waals surface area contributed by atoms with Crippen LogP contribution in [0.3, 0.4) is 0 Å². The smallest absolute Gasteiger partial charge is 0.487 e. The number of aromatic hydroxyl groups is 1. The van der Waals surface area contributed by atoms with Gasteiger partial charge in [-0.1, -0.05) is 15.9 Å². The number of halogens is 1. The molecule has 2 saturated heterocycles. The van der Waals surface area contributed by atoms with Crippen molar-refractivity contribution < 1.29 is 29.1 Å². The Labute approximate surface area is 171 Å². The van der Waals surface area contributed by atoms with Gasteiger partial charge < -0.3 is 19.5 Å². The van der Waals surface area contributed by atoms with Crippen molar-refractivity contribution in [2.75, 3.05) is 20.8 Å². The van der Waals surface area contributed by atoms with E-state index < -0.39 is 25.1 Å². The fourth-order valence-electron chi connectivity index (χ4n) is 4.86. The van der Waals surface area contributed by atoms with Crippen LogP contribution >= 0.6 is 15.9 Å². The minimum Gasteiger partial charge on any atom is -0.508 e. The molecule has 28 heavy (non-hydrogen) atoms. The molecule has 9 heteroatoms. The van der Waals surface area contributed by atoms with E-state index in [2.05, 4.69) is 15.9 Å². The lowest BCUT2D eigenvalue weighted by atomic mass is 9.55. The normalized spacial score (nSPS) is 30.0. The van der Waals surface area contributed by atoms with Gasteiger partial charge in [0.1, 0.15) is 5.75 Å². The highest BCUT2D eigenvalue weighted by Gasteiger charge is 2.57. The summed E-state index contributed by atoms with van der Waals surface area (Å²) < 4.78 is 11.9. The van der Waals surface area contributed by atoms with Crippen LogP contribution in [0, 0.1) is 17.8 Å². The van der Waals surface area contributed by atoms with E-state index in [1.807, 2.05) is 0 Å². The zero-order valence-corrected chi connectivity index (χ0v) is 17.2. The number of allylic oxidation sites excluding steroid dienone is 1. The molecule has 148 valence electrons. The topological polar surface area (TPSA) is 96.3 Å². The summed E-state index contributed by atoms with van der Waals surface area (Å²) in [4.78, 5) is 26.6. The average Bonchev–Trinajstić information content (AvgIpc) is 2.88. The van der Waals surface area contributed by atoms with Crippen LogP contribution in [0.25, 0.3) is 0 Å². The number of benzene rings is 1. The molecule has 4 rings (SSSR count). The molecule has 0 radical (unpaired) electrons. The lowest BCUT2D eigenvalue weighted by molar-refractivity contribution is -0.138. The number of imide groups is 1. The molecule has 0 unspecified atom stereocenters. The Hall–Kier alpha value is -1.68. The maximum absolute atomic E-state index is 12.8. The standard InChI is InChI=1S/C19H21BBrNO6/c1-22-18(24)13-5-9(8-27-2)17-12(16(13)19(22)25)7-15(28-20(17)26)11-6-10(21)3-4-14(11)23/h3-4,6,12-13,15-16,23,26H,5,7-8H2,1-2H3/t12-,13-,15-,16+/m0/s1. The number of phenolic OH excluding ortho intramolecular Hbond substituents is 1. The number of amides is 2. The van der Waals surface area contributed by atoms with Crippen molar-refractivity contribution in [2.45, 2.75) is 18.9 Å². The summed E-state index contributed by atoms with van der Waals surface area (Å²) in [5, 5.41) is 21.1. The number of rotatable bonds is 3. The third-order valence-electron chi connectivity index (χ3n) is 6.09. The monoisotopic (exact) mass is 449 g/mol. The molecule has 2 aliphatic heterocycles. The van der Waals surface area contributed by atoms with Gasteiger partial charge in [-0.3, -0.25) is 14.5 Å². The first-order chi connectivity index (χ1) is 13.3. The highest BCUT2D eigenvalue weighted by atomic mass is 79.9. The van der Waals surface area contributed by atoms with Crippen LogP contribution in [-0.2, 0) is 19.0 Å². The molecule has 0 spiro atoms. The number of likely N-dealkylation sites (tertiary alicyclic amines) is 1. The Kier molecular flexibility index (Phi) is 5.11. The Morgan fingerprint density at radius 3 is 2.79 bits per heavy atom. The van der Waals surface area contributed by atoms with Gasteiger partial charge in [-0.15, -0.1) is 0 Å². The molecule has 3 aliphatic rings. The Morgan fingerprint density at radius 1 is 1.32 bits per heavy atom. The number of hydrogen-bond acceptors (Lipinski definition) is 6. The predicted octanol–water partition coefficient (Wildman–Crippen LogP) is 1.83. The van der Waals surface area contributed by atoms with Crippen LogP contribution in [0.1, 0.15) is 24.5 Å². The van der Waals surface area contributed by atoms with Gasteiger partial charge in [-0.05, 0) is 48.0 Å². The zero-order chi connectivity index (χ0) is 20.2. The van der Waals surface area contributed by atoms with E-state index in [-0.39, 0.29) is 30.1 Å². The summed E-state index contributed by atoms with van der Waals surface area (Å²) in [5.41, 5.74) is 1.99. The second-order valence-electron chi connectivity index (χ2n) is 7.59. The summed E-state index contributed by atoms with van der Waals surface area (Å²) in [6, 6.07) is 5.01. The van der Waals surface area contributed by atoms with E-state index in [0.29, 0.717) is 23.9 Å². The third-order valence-corrected chi connectivity index (χ3v) is 6.58. The molecule has 2 amide bonds. The number of phenols is 1. The van der Waals surface area contributed by atoms with Gasteiger partial charge in [0.05, 0.1) is 24.5 Å². The maximum Gasteiger partial charge on any atom is 0.487 e. The lowest BCUT2D eigenvalue weighted by Crippen LogP contribution is -2.45. The molecular formula is C19H21BBrNO6. The predicted molar refractivity (Wildman–Crippen MR) is 104 cm³/mol. The van der Waals surface area contributed by atoms with Crippen LogP contribution < -0.4 is 0 Å². The van der Waals surface area contributed by atoms with Crippen molar-refractivity contribution in [1.82, 2.24) is 4.90 Å². The average molecular weight is 450 g/mol. The van der Waals surface area contributed by atoms with Crippen LogP contribution in [-0.4, -0.2) is 54.7 Å². The van der Waals surface area contributed by atoms with Gasteiger partial charge in [0.2, 0.25) is 11.8 Å². The van der Waals surface area contributed by atoms with Gasteiger partial charge in [-0.25, -0.2) is 0 Å². The molecular weight excluding hydrogens is 429 g/mol. The number of carbonyl (C=O) groups excluding carboxylic acids is 2. The Morgan fingerprint density at radius 2 is 2.07 bits per heavy atom. The molecule has 2 N–H and O–H groups in total. The molecule has 2 heterocycles. The number of methoxy groups -OCH3 is 1. The van der Waals surface area contributed by atoms with Gasteiger partial charge >= 0.3 is 7.12 Å². The number of fused-ring (bicyclic) bond motifs is 3. The van der Waals surface area contributed by atoms with E-state index in [4.69, 9.17) is 9.39 Å². The molecule has 2 fully saturated rings. The number of hydrogen-bond donors (Lipinski definition) is 2. The van der Waals surface area contributed by atoms with E-state index in [9.17, 15) is 19.7 Å². The molecule has 0 saturated carbocycles. The van der Waals surface area contributed by atoms with E-state index in [1.165, 1.54) is 11.9 Å². The molecule has 1 aromatic rings. The number of ether oxygens (including phenoxy) is 1. The van der Waals surface area contributed by atoms with Crippen LogP contribution in [0.5, 0.6) is 5.75 Å². The first-order valence-corrected chi connectivity index (χ1v) is 9.96. The van der Waals surface area contributed by atoms with Crippen LogP contribution in [0.15, 0.2) is 33.7 Å². The highest BCUT2D eigenvalue weighted by Crippen LogP contribution is 2.51. The van der Waals surface area contributed by atoms with Crippen molar-refractivity contribution in [3.63, 3.8) is 0 Å². The Balaban J connectivity index is 1.77. The largest absolute Gasteiger partial charge is 0.508 e. The van der Waals surface area contributed by atoms with Crippen molar-refractivity contribution in [3.05, 3.63) is 39.3 Å². The fourth-order valence-corrected chi connectivity index (χ4v) is 5.24. The Bertz CT molecular complexity index is 874. The summed E-state index contributed by atoms with van der Waals surface area (Å²) in [6.45, 7) is 0.271. The quantitative estimate of drug-likeness (QED) is 0.539. The van der Waals surface area contributed by atoms with E-state index in [1.54, 1.807) is 25.3 Å². The minimum absolute atomic E-state index is 0.0586. The SMILES string of the molecule is COCC1=C2B(O)O[C@H](c3cc(Br)ccc3O)C[C@H]2[C@H]2C(=O)N(C)C(=O)[C@H]2C1. The molecule has 0 aromatic heterocycles. The van der Waals surface area contributed by atoms with Gasteiger partial charge in [0.15, 0.2) is 0 Å². The zero-order valence-electron chi connectivity index (χ0n) is 15.6. The molecule has 1 aliphatic carbocycles. The summed E-state index contributed by atoms with van der Waals surface area (Å²) in [5.74, 6) is -1.67. The second-order valence-corrected chi connectivity index (χ2v) is 8.50. The number of nitrogens with zero attached hydrogens (tertiary/aromatic N) is 1. The fraction of sp³-hybridized carbons (Fsp3) is 0.474. The lowest BCUT2D eigenvalue weighted by Gasteiger charge is -2.42. The molecule has 1 aromatic carbocycles. The summed E-state index contributed by atoms with van der Waals surface area (Å²) in [7, 11) is 1.84. The van der Waals surface area contributed by atoms with Crippen molar-refractivity contribution in [3.8, 4) is 5.75 Å². The van der Waals surface area contributed by atoms with Crippen LogP contribution in [0.2, 0.25) is 0 Å². The second kappa shape index (κ2) is 7.29. The van der Waals surface area contributed by atoms with Crippen molar-refractivity contribution in [1.29, 1.82) is 0 Å². The van der Waals surface area contributed by atoms with Gasteiger partial charge in [0.25, 0.3) is 0 Å². The maximum atomic E-state index is 12.8. The van der Waals surface area contributed by atoms with Gasteiger partial charge in [0, 0.05) is 24.2 Å². The van der Waals surface area contributed by atoms with Crippen molar-refractivity contribution in [2.24, 2.45) is 17.8 Å². The summed E-state index contributed by atoms with van der Waals surface area (Å²) in [6.07, 6.45) is 0.169. The first kappa shape index (κ1) is 19.6. The van der Waals surface area contributed by atoms with E-state index in [0.717, 1.165) is 10.0 Å². The summed E-state index contributed by atoms with van der Waals surface area (Å²) >= 11 is 3.39. The minimum atomic E-state index is -1.22. The highest BCUT2D eigenvalue weighted by molar-refractivity contribution is 9.10. The van der Waals surface area contributed by atoms with Crippen LogP contribution in [0.4, 0.5) is 0 Å². The molecule has 4 atom stereocenters. The van der Waals surface area contributed by atoms with E-state index >= 15 is 0 Å². The molecule has 7 nitrogen and oxygen atoms in total. The molecule has 0 bridgehead atoms. The van der Waals surface area contributed by atoms with Gasteiger partial charge in [-0.2, -0.15) is 0 Å². The first-order valence-electron chi connectivity index (χ1n) is 9.17.